The van der Waals surface area contributed by atoms with Gasteiger partial charge in [-0.15, -0.1) is 0 Å². The maximum absolute atomic E-state index is 11.3. The highest BCUT2D eigenvalue weighted by atomic mass is 16.5. The molecule has 0 radical (unpaired) electrons. The summed E-state index contributed by atoms with van der Waals surface area (Å²) in [6.45, 7) is 1.01. The van der Waals surface area contributed by atoms with Crippen molar-refractivity contribution in [2.75, 3.05) is 20.7 Å². The van der Waals surface area contributed by atoms with Crippen LogP contribution < -0.4 is 4.74 Å². The average Bonchev–Trinajstić information content (AvgIpc) is 2.45. The Morgan fingerprint density at radius 3 is 2.63 bits per heavy atom. The molecule has 0 unspecified atom stereocenters. The quantitative estimate of drug-likeness (QED) is 0.816. The number of hydrogen-bond acceptors (Lipinski definition) is 3. The number of ether oxygens (including phenoxy) is 1. The van der Waals surface area contributed by atoms with Crippen molar-refractivity contribution in [3.8, 4) is 5.75 Å². The third-order valence-corrected chi connectivity index (χ3v) is 4.06. The van der Waals surface area contributed by atoms with Crippen LogP contribution in [0.2, 0.25) is 0 Å². The number of rotatable bonds is 5. The molecule has 3 nitrogen and oxygen atoms in total. The van der Waals surface area contributed by atoms with E-state index in [1.165, 1.54) is 5.56 Å². The van der Waals surface area contributed by atoms with Gasteiger partial charge >= 0.3 is 0 Å². The molecule has 1 aliphatic rings. The van der Waals surface area contributed by atoms with Gasteiger partial charge in [-0.25, -0.2) is 0 Å². The van der Waals surface area contributed by atoms with E-state index in [-0.39, 0.29) is 0 Å². The van der Waals surface area contributed by atoms with Crippen LogP contribution in [0.1, 0.15) is 31.2 Å². The van der Waals surface area contributed by atoms with Gasteiger partial charge in [-0.2, -0.15) is 0 Å². The average molecular weight is 261 g/mol. The van der Waals surface area contributed by atoms with E-state index in [1.54, 1.807) is 7.11 Å². The Morgan fingerprint density at radius 2 is 1.95 bits per heavy atom. The van der Waals surface area contributed by atoms with E-state index >= 15 is 0 Å². The van der Waals surface area contributed by atoms with Crippen LogP contribution in [0.15, 0.2) is 24.3 Å². The summed E-state index contributed by atoms with van der Waals surface area (Å²) >= 11 is 0. The third kappa shape index (κ3) is 3.80. The van der Waals surface area contributed by atoms with Crippen LogP contribution in [0, 0.1) is 0 Å². The van der Waals surface area contributed by atoms with Crippen molar-refractivity contribution < 1.29 is 9.53 Å². The highest BCUT2D eigenvalue weighted by Crippen LogP contribution is 2.21. The lowest BCUT2D eigenvalue weighted by Crippen LogP contribution is -2.36. The number of ketones is 1. The lowest BCUT2D eigenvalue weighted by atomic mass is 9.93. The van der Waals surface area contributed by atoms with Crippen molar-refractivity contribution in [3.05, 3.63) is 29.8 Å². The summed E-state index contributed by atoms with van der Waals surface area (Å²) in [6.07, 6.45) is 4.53. The number of likely N-dealkylation sites (N-methyl/N-ethyl adjacent to an activating group) is 1. The maximum atomic E-state index is 11.3. The smallest absolute Gasteiger partial charge is 0.133 e. The van der Waals surface area contributed by atoms with Gasteiger partial charge in [-0.05, 0) is 37.9 Å². The molecule has 104 valence electrons. The van der Waals surface area contributed by atoms with Crippen molar-refractivity contribution in [1.82, 2.24) is 4.90 Å². The zero-order valence-corrected chi connectivity index (χ0v) is 11.9. The summed E-state index contributed by atoms with van der Waals surface area (Å²) in [7, 11) is 3.88. The Kier molecular flexibility index (Phi) is 4.97. The zero-order valence-electron chi connectivity index (χ0n) is 11.9. The fourth-order valence-corrected chi connectivity index (χ4v) is 2.75. The monoisotopic (exact) mass is 261 g/mol. The molecule has 0 N–H and O–H groups in total. The van der Waals surface area contributed by atoms with E-state index in [4.69, 9.17) is 4.74 Å². The molecule has 19 heavy (non-hydrogen) atoms. The summed E-state index contributed by atoms with van der Waals surface area (Å²) in [5, 5.41) is 0. The Labute approximate surface area is 115 Å². The summed E-state index contributed by atoms with van der Waals surface area (Å²) in [5.41, 5.74) is 1.25. The molecule has 2 rings (SSSR count). The summed E-state index contributed by atoms with van der Waals surface area (Å²) < 4.78 is 5.37. The van der Waals surface area contributed by atoms with Crippen molar-refractivity contribution in [3.63, 3.8) is 0 Å². The van der Waals surface area contributed by atoms with Crippen molar-refractivity contribution in [1.29, 1.82) is 0 Å². The second-order valence-electron chi connectivity index (χ2n) is 5.31. The summed E-state index contributed by atoms with van der Waals surface area (Å²) in [4.78, 5) is 13.6. The van der Waals surface area contributed by atoms with E-state index in [9.17, 15) is 4.79 Å². The van der Waals surface area contributed by atoms with Gasteiger partial charge in [0.05, 0.1) is 7.11 Å². The largest absolute Gasteiger partial charge is 0.496 e. The summed E-state index contributed by atoms with van der Waals surface area (Å²) in [6, 6.07) is 8.74. The molecule has 1 aromatic carbocycles. The molecular formula is C16H23NO2. The van der Waals surface area contributed by atoms with E-state index in [1.807, 2.05) is 12.1 Å². The number of carbonyl (C=O) groups excluding carboxylic acids is 1. The number of Topliss-reactive ketones (excluding diaryl/α,β-unsaturated/α-hetero) is 1. The van der Waals surface area contributed by atoms with Gasteiger partial charge in [0.25, 0.3) is 0 Å². The highest BCUT2D eigenvalue weighted by Gasteiger charge is 2.21. The van der Waals surface area contributed by atoms with Crippen LogP contribution in [-0.4, -0.2) is 37.4 Å². The van der Waals surface area contributed by atoms with E-state index < -0.39 is 0 Å². The maximum Gasteiger partial charge on any atom is 0.133 e. The zero-order chi connectivity index (χ0) is 13.7. The van der Waals surface area contributed by atoms with Gasteiger partial charge in [-0.1, -0.05) is 18.2 Å². The van der Waals surface area contributed by atoms with Crippen LogP contribution in [0.4, 0.5) is 0 Å². The molecule has 0 heterocycles. The molecule has 1 aromatic rings. The number of para-hydroxylation sites is 1. The first kappa shape index (κ1) is 14.1. The minimum absolute atomic E-state index is 0.425. The number of hydrogen-bond donors (Lipinski definition) is 0. The van der Waals surface area contributed by atoms with Gasteiger partial charge < -0.3 is 9.64 Å². The molecule has 0 saturated heterocycles. The van der Waals surface area contributed by atoms with E-state index in [0.717, 1.165) is 44.4 Å². The number of benzene rings is 1. The third-order valence-electron chi connectivity index (χ3n) is 4.06. The first-order chi connectivity index (χ1) is 9.20. The normalized spacial score (nSPS) is 16.9. The topological polar surface area (TPSA) is 29.5 Å². The second kappa shape index (κ2) is 6.71. The molecule has 0 aliphatic heterocycles. The lowest BCUT2D eigenvalue weighted by Gasteiger charge is -2.30. The minimum Gasteiger partial charge on any atom is -0.496 e. The van der Waals surface area contributed by atoms with Crippen LogP contribution in [0.3, 0.4) is 0 Å². The molecular weight excluding hydrogens is 238 g/mol. The van der Waals surface area contributed by atoms with Crippen LogP contribution in [0.25, 0.3) is 0 Å². The molecule has 1 saturated carbocycles. The van der Waals surface area contributed by atoms with E-state index in [2.05, 4.69) is 24.1 Å². The SMILES string of the molecule is COc1ccccc1CCN(C)C1CCC(=O)CC1. The lowest BCUT2D eigenvalue weighted by molar-refractivity contribution is -0.121. The molecule has 3 heteroatoms. The van der Waals surface area contributed by atoms with Crippen LogP contribution in [-0.2, 0) is 11.2 Å². The first-order valence-electron chi connectivity index (χ1n) is 7.04. The second-order valence-corrected chi connectivity index (χ2v) is 5.31. The Bertz CT molecular complexity index is 421. The molecule has 0 aromatic heterocycles. The van der Waals surface area contributed by atoms with Gasteiger partial charge in [-0.3, -0.25) is 4.79 Å². The predicted octanol–water partition coefficient (Wildman–Crippen LogP) is 2.68. The number of carbonyl (C=O) groups is 1. The van der Waals surface area contributed by atoms with E-state index in [0.29, 0.717) is 11.8 Å². The van der Waals surface area contributed by atoms with Crippen molar-refractivity contribution in [2.45, 2.75) is 38.1 Å². The summed E-state index contributed by atoms with van der Waals surface area (Å²) in [5.74, 6) is 1.39. The first-order valence-corrected chi connectivity index (χ1v) is 7.04. The molecule has 0 atom stereocenters. The predicted molar refractivity (Wildman–Crippen MR) is 76.6 cm³/mol. The van der Waals surface area contributed by atoms with Crippen LogP contribution >= 0.6 is 0 Å². The molecule has 0 amide bonds. The fourth-order valence-electron chi connectivity index (χ4n) is 2.75. The minimum atomic E-state index is 0.425. The molecule has 0 bridgehead atoms. The number of methoxy groups -OCH3 is 1. The Hall–Kier alpha value is -1.35. The fraction of sp³-hybridized carbons (Fsp3) is 0.562. The van der Waals surface area contributed by atoms with Gasteiger partial charge in [0.15, 0.2) is 0 Å². The Balaban J connectivity index is 1.86. The van der Waals surface area contributed by atoms with Crippen molar-refractivity contribution in [2.24, 2.45) is 0 Å². The van der Waals surface area contributed by atoms with Crippen molar-refractivity contribution >= 4 is 5.78 Å². The highest BCUT2D eigenvalue weighted by molar-refractivity contribution is 5.79. The van der Waals surface area contributed by atoms with Crippen LogP contribution in [0.5, 0.6) is 5.75 Å². The van der Waals surface area contributed by atoms with Gasteiger partial charge in [0, 0.05) is 25.4 Å². The molecule has 1 aliphatic carbocycles. The molecule has 0 spiro atoms. The van der Waals surface area contributed by atoms with Gasteiger partial charge in [0.2, 0.25) is 0 Å². The standard InChI is InChI=1S/C16H23NO2/c1-17(14-7-9-15(18)10-8-14)12-11-13-5-3-4-6-16(13)19-2/h3-6,14H,7-12H2,1-2H3. The number of nitrogens with zero attached hydrogens (tertiary/aromatic N) is 1. The van der Waals surface area contributed by atoms with Gasteiger partial charge in [0.1, 0.15) is 11.5 Å². The Morgan fingerprint density at radius 1 is 1.26 bits per heavy atom. The molecule has 1 fully saturated rings.